The second kappa shape index (κ2) is 5.43. The van der Waals surface area contributed by atoms with E-state index in [1.165, 1.54) is 32.9 Å². The molecule has 0 unspecified atom stereocenters. The van der Waals surface area contributed by atoms with Gasteiger partial charge in [0.15, 0.2) is 0 Å². The van der Waals surface area contributed by atoms with Crippen LogP contribution < -0.4 is 4.74 Å². The lowest BCUT2D eigenvalue weighted by Crippen LogP contribution is -1.95. The van der Waals surface area contributed by atoms with E-state index in [4.69, 9.17) is 4.74 Å². The summed E-state index contributed by atoms with van der Waals surface area (Å²) in [5, 5.41) is 2.56. The molecule has 0 N–H and O–H groups in total. The van der Waals surface area contributed by atoms with Crippen molar-refractivity contribution in [3.63, 3.8) is 0 Å². The molecule has 0 fully saturated rings. The molecule has 2 heterocycles. The quantitative estimate of drug-likeness (QED) is 0.563. The minimum atomic E-state index is 0.808. The van der Waals surface area contributed by atoms with Crippen LogP contribution in [-0.2, 0) is 13.5 Å². The molecule has 0 aliphatic carbocycles. The molecule has 0 saturated carbocycles. The van der Waals surface area contributed by atoms with Crippen molar-refractivity contribution in [1.82, 2.24) is 9.55 Å². The standard InChI is InChI=1S/C20H18N2O/c1-22-17-9-5-4-8-16(17)20-15(12-21-13-18(20)22)11-14-7-3-6-10-19(14)23-2/h3-10,12-13H,11H2,1-2H3. The van der Waals surface area contributed by atoms with Gasteiger partial charge in [0.05, 0.1) is 18.8 Å². The fourth-order valence-electron chi connectivity index (χ4n) is 3.35. The van der Waals surface area contributed by atoms with Gasteiger partial charge in [0.2, 0.25) is 0 Å². The van der Waals surface area contributed by atoms with Crippen molar-refractivity contribution < 1.29 is 4.74 Å². The third-order valence-electron chi connectivity index (χ3n) is 4.47. The van der Waals surface area contributed by atoms with Gasteiger partial charge in [0.1, 0.15) is 5.75 Å². The van der Waals surface area contributed by atoms with E-state index in [0.717, 1.165) is 12.2 Å². The van der Waals surface area contributed by atoms with Crippen molar-refractivity contribution >= 4 is 21.8 Å². The zero-order valence-electron chi connectivity index (χ0n) is 13.3. The van der Waals surface area contributed by atoms with Gasteiger partial charge in [-0.05, 0) is 23.3 Å². The lowest BCUT2D eigenvalue weighted by atomic mass is 10.0. The van der Waals surface area contributed by atoms with Gasteiger partial charge >= 0.3 is 0 Å². The predicted molar refractivity (Wildman–Crippen MR) is 94.0 cm³/mol. The van der Waals surface area contributed by atoms with Gasteiger partial charge in [0, 0.05) is 36.0 Å². The van der Waals surface area contributed by atoms with Gasteiger partial charge in [-0.1, -0.05) is 36.4 Å². The molecule has 0 radical (unpaired) electrons. The molecule has 4 aromatic rings. The maximum atomic E-state index is 5.50. The number of methoxy groups -OCH3 is 1. The molecule has 23 heavy (non-hydrogen) atoms. The van der Waals surface area contributed by atoms with E-state index in [1.807, 2.05) is 24.5 Å². The highest BCUT2D eigenvalue weighted by molar-refractivity contribution is 6.09. The van der Waals surface area contributed by atoms with Crippen LogP contribution in [0.1, 0.15) is 11.1 Å². The summed E-state index contributed by atoms with van der Waals surface area (Å²) in [7, 11) is 3.81. The molecule has 2 aromatic carbocycles. The van der Waals surface area contributed by atoms with Gasteiger partial charge in [-0.25, -0.2) is 0 Å². The second-order valence-corrected chi connectivity index (χ2v) is 5.76. The predicted octanol–water partition coefficient (Wildman–Crippen LogP) is 4.33. The summed E-state index contributed by atoms with van der Waals surface area (Å²) >= 11 is 0. The first-order valence-corrected chi connectivity index (χ1v) is 7.71. The highest BCUT2D eigenvalue weighted by atomic mass is 16.5. The smallest absolute Gasteiger partial charge is 0.122 e. The molecule has 0 bridgehead atoms. The molecule has 0 amide bonds. The molecule has 0 atom stereocenters. The average Bonchev–Trinajstić information content (AvgIpc) is 2.90. The van der Waals surface area contributed by atoms with Crippen LogP contribution >= 0.6 is 0 Å². The number of rotatable bonds is 3. The first-order chi connectivity index (χ1) is 11.3. The number of fused-ring (bicyclic) bond motifs is 3. The molecule has 0 aliphatic rings. The Morgan fingerprint density at radius 1 is 0.913 bits per heavy atom. The Balaban J connectivity index is 1.96. The normalized spacial score (nSPS) is 11.2. The molecule has 3 nitrogen and oxygen atoms in total. The van der Waals surface area contributed by atoms with Crippen LogP contribution in [0.2, 0.25) is 0 Å². The van der Waals surface area contributed by atoms with Crippen LogP contribution in [0.25, 0.3) is 21.8 Å². The number of benzene rings is 2. The molecule has 0 spiro atoms. The number of aromatic nitrogens is 2. The molecular weight excluding hydrogens is 284 g/mol. The first-order valence-electron chi connectivity index (χ1n) is 7.71. The summed E-state index contributed by atoms with van der Waals surface area (Å²) in [5.74, 6) is 0.921. The van der Waals surface area contributed by atoms with Crippen molar-refractivity contribution in [1.29, 1.82) is 0 Å². The SMILES string of the molecule is COc1ccccc1Cc1cncc2c1c1ccccc1n2C. The Hall–Kier alpha value is -2.81. The summed E-state index contributed by atoms with van der Waals surface area (Å²) in [4.78, 5) is 4.46. The van der Waals surface area contributed by atoms with Gasteiger partial charge < -0.3 is 9.30 Å². The van der Waals surface area contributed by atoms with Crippen molar-refractivity contribution in [3.8, 4) is 5.75 Å². The third-order valence-corrected chi connectivity index (χ3v) is 4.47. The third kappa shape index (κ3) is 2.16. The van der Waals surface area contributed by atoms with E-state index < -0.39 is 0 Å². The molecular formula is C20H18N2O. The summed E-state index contributed by atoms with van der Waals surface area (Å²) in [6.45, 7) is 0. The summed E-state index contributed by atoms with van der Waals surface area (Å²) in [5.41, 5.74) is 4.80. The fraction of sp³-hybridized carbons (Fsp3) is 0.150. The highest BCUT2D eigenvalue weighted by Crippen LogP contribution is 2.32. The lowest BCUT2D eigenvalue weighted by molar-refractivity contribution is 0.410. The molecule has 114 valence electrons. The minimum Gasteiger partial charge on any atom is -0.496 e. The number of aryl methyl sites for hydroxylation is 1. The van der Waals surface area contributed by atoms with Crippen molar-refractivity contribution in [2.24, 2.45) is 7.05 Å². The molecule has 2 aromatic heterocycles. The van der Waals surface area contributed by atoms with Crippen LogP contribution in [0.5, 0.6) is 5.75 Å². The molecule has 0 saturated heterocycles. The van der Waals surface area contributed by atoms with E-state index in [9.17, 15) is 0 Å². The topological polar surface area (TPSA) is 27.1 Å². The van der Waals surface area contributed by atoms with Crippen molar-refractivity contribution in [2.75, 3.05) is 7.11 Å². The number of pyridine rings is 1. The molecule has 0 aliphatic heterocycles. The first kappa shape index (κ1) is 13.8. The van der Waals surface area contributed by atoms with Gasteiger partial charge in [-0.3, -0.25) is 4.98 Å². The van der Waals surface area contributed by atoms with Crippen LogP contribution in [0, 0.1) is 0 Å². The van der Waals surface area contributed by atoms with E-state index in [-0.39, 0.29) is 0 Å². The average molecular weight is 302 g/mol. The number of hydrogen-bond donors (Lipinski definition) is 0. The minimum absolute atomic E-state index is 0.808. The van der Waals surface area contributed by atoms with E-state index in [0.29, 0.717) is 0 Å². The van der Waals surface area contributed by atoms with Crippen LogP contribution in [-0.4, -0.2) is 16.7 Å². The number of ether oxygens (including phenoxy) is 1. The second-order valence-electron chi connectivity index (χ2n) is 5.76. The number of nitrogens with zero attached hydrogens (tertiary/aromatic N) is 2. The van der Waals surface area contributed by atoms with Crippen molar-refractivity contribution in [3.05, 3.63) is 72.1 Å². The largest absolute Gasteiger partial charge is 0.496 e. The summed E-state index contributed by atoms with van der Waals surface area (Å²) in [6, 6.07) is 16.7. The van der Waals surface area contributed by atoms with Gasteiger partial charge in [0.25, 0.3) is 0 Å². The van der Waals surface area contributed by atoms with Crippen LogP contribution in [0.3, 0.4) is 0 Å². The van der Waals surface area contributed by atoms with Gasteiger partial charge in [-0.15, -0.1) is 0 Å². The Bertz CT molecular complexity index is 1000. The lowest BCUT2D eigenvalue weighted by Gasteiger charge is -2.09. The van der Waals surface area contributed by atoms with Crippen LogP contribution in [0.15, 0.2) is 60.9 Å². The Kier molecular flexibility index (Phi) is 3.27. The fourth-order valence-corrected chi connectivity index (χ4v) is 3.35. The van der Waals surface area contributed by atoms with E-state index in [1.54, 1.807) is 7.11 Å². The van der Waals surface area contributed by atoms with Gasteiger partial charge in [-0.2, -0.15) is 0 Å². The zero-order valence-corrected chi connectivity index (χ0v) is 13.3. The number of hydrogen-bond acceptors (Lipinski definition) is 2. The summed E-state index contributed by atoms with van der Waals surface area (Å²) < 4.78 is 7.71. The van der Waals surface area contributed by atoms with E-state index in [2.05, 4.69) is 53.0 Å². The van der Waals surface area contributed by atoms with Crippen LogP contribution in [0.4, 0.5) is 0 Å². The Morgan fingerprint density at radius 3 is 2.57 bits per heavy atom. The number of para-hydroxylation sites is 2. The molecule has 4 rings (SSSR count). The maximum absolute atomic E-state index is 5.50. The Labute approximate surface area is 135 Å². The summed E-state index contributed by atoms with van der Waals surface area (Å²) in [6.07, 6.45) is 4.73. The zero-order chi connectivity index (χ0) is 15.8. The van der Waals surface area contributed by atoms with Crippen molar-refractivity contribution in [2.45, 2.75) is 6.42 Å². The highest BCUT2D eigenvalue weighted by Gasteiger charge is 2.13. The monoisotopic (exact) mass is 302 g/mol. The maximum Gasteiger partial charge on any atom is 0.122 e. The Morgan fingerprint density at radius 2 is 1.70 bits per heavy atom. The molecule has 3 heteroatoms. The van der Waals surface area contributed by atoms with E-state index >= 15 is 0 Å².